The van der Waals surface area contributed by atoms with Gasteiger partial charge in [-0.1, -0.05) is 44.2 Å². The molecule has 0 saturated heterocycles. The molecule has 0 aliphatic rings. The molecule has 3 unspecified atom stereocenters. The van der Waals surface area contributed by atoms with E-state index >= 15 is 0 Å². The zero-order valence-electron chi connectivity index (χ0n) is 12.6. The topological polar surface area (TPSA) is 35.5 Å². The van der Waals surface area contributed by atoms with Crippen molar-refractivity contribution in [2.24, 2.45) is 5.92 Å². The van der Waals surface area contributed by atoms with Crippen LogP contribution in [0.3, 0.4) is 0 Å². The number of benzene rings is 1. The Morgan fingerprint density at radius 3 is 2.37 bits per heavy atom. The summed E-state index contributed by atoms with van der Waals surface area (Å²) >= 11 is 0. The molecule has 0 fully saturated rings. The van der Waals surface area contributed by atoms with Crippen molar-refractivity contribution in [2.45, 2.75) is 32.9 Å². The highest BCUT2D eigenvalue weighted by molar-refractivity contribution is 5.19. The highest BCUT2D eigenvalue weighted by Crippen LogP contribution is 2.22. The molecule has 3 atom stereocenters. The van der Waals surface area contributed by atoms with Gasteiger partial charge in [0, 0.05) is 18.6 Å². The summed E-state index contributed by atoms with van der Waals surface area (Å²) < 4.78 is 0. The first kappa shape index (κ1) is 16.2. The minimum Gasteiger partial charge on any atom is -0.395 e. The van der Waals surface area contributed by atoms with Gasteiger partial charge < -0.3 is 15.3 Å². The second-order valence-electron chi connectivity index (χ2n) is 5.39. The second kappa shape index (κ2) is 8.31. The molecule has 0 saturated carbocycles. The van der Waals surface area contributed by atoms with Crippen molar-refractivity contribution in [3.8, 4) is 0 Å². The SMILES string of the molecule is CCNC(c1ccccc1)C(C)CN(C)C(C)CO. The molecule has 2 N–H and O–H groups in total. The molecule has 0 bridgehead atoms. The van der Waals surface area contributed by atoms with Crippen LogP contribution in [0.5, 0.6) is 0 Å². The summed E-state index contributed by atoms with van der Waals surface area (Å²) in [5.74, 6) is 0.487. The molecule has 0 aliphatic heterocycles. The Balaban J connectivity index is 2.71. The lowest BCUT2D eigenvalue weighted by atomic mass is 9.93. The molecule has 3 nitrogen and oxygen atoms in total. The minimum atomic E-state index is 0.209. The number of hydrogen-bond donors (Lipinski definition) is 2. The summed E-state index contributed by atoms with van der Waals surface area (Å²) in [5.41, 5.74) is 1.34. The molecular formula is C16H28N2O. The number of rotatable bonds is 8. The molecule has 1 rings (SSSR count). The largest absolute Gasteiger partial charge is 0.395 e. The van der Waals surface area contributed by atoms with Gasteiger partial charge in [-0.05, 0) is 32.0 Å². The zero-order chi connectivity index (χ0) is 14.3. The lowest BCUT2D eigenvalue weighted by molar-refractivity contribution is 0.136. The van der Waals surface area contributed by atoms with Gasteiger partial charge in [-0.15, -0.1) is 0 Å². The Labute approximate surface area is 117 Å². The Bertz CT molecular complexity index is 342. The van der Waals surface area contributed by atoms with E-state index in [1.165, 1.54) is 5.56 Å². The fourth-order valence-electron chi connectivity index (χ4n) is 2.41. The minimum absolute atomic E-state index is 0.209. The van der Waals surface area contributed by atoms with Crippen molar-refractivity contribution in [1.82, 2.24) is 10.2 Å². The lowest BCUT2D eigenvalue weighted by Crippen LogP contribution is -2.39. The number of nitrogens with one attached hydrogen (secondary N) is 1. The van der Waals surface area contributed by atoms with Crippen LogP contribution in [-0.4, -0.2) is 42.8 Å². The Morgan fingerprint density at radius 1 is 1.21 bits per heavy atom. The highest BCUT2D eigenvalue weighted by atomic mass is 16.3. The van der Waals surface area contributed by atoms with Gasteiger partial charge in [0.05, 0.1) is 6.61 Å². The molecular weight excluding hydrogens is 236 g/mol. The van der Waals surface area contributed by atoms with Crippen molar-refractivity contribution in [1.29, 1.82) is 0 Å². The van der Waals surface area contributed by atoms with E-state index < -0.39 is 0 Å². The summed E-state index contributed by atoms with van der Waals surface area (Å²) in [7, 11) is 2.07. The molecule has 0 spiro atoms. The maximum Gasteiger partial charge on any atom is 0.0584 e. The molecule has 108 valence electrons. The Hall–Kier alpha value is -0.900. The van der Waals surface area contributed by atoms with E-state index in [1.54, 1.807) is 0 Å². The van der Waals surface area contributed by atoms with Gasteiger partial charge in [0.15, 0.2) is 0 Å². The smallest absolute Gasteiger partial charge is 0.0584 e. The summed E-state index contributed by atoms with van der Waals surface area (Å²) in [6, 6.07) is 11.2. The quantitative estimate of drug-likeness (QED) is 0.756. The molecule has 0 aliphatic carbocycles. The van der Waals surface area contributed by atoms with Crippen LogP contribution in [0.4, 0.5) is 0 Å². The van der Waals surface area contributed by atoms with Crippen molar-refractivity contribution in [3.63, 3.8) is 0 Å². The number of aliphatic hydroxyl groups is 1. The van der Waals surface area contributed by atoms with E-state index in [1.807, 2.05) is 0 Å². The number of aliphatic hydroxyl groups excluding tert-OH is 1. The summed E-state index contributed by atoms with van der Waals surface area (Å²) in [4.78, 5) is 2.22. The molecule has 0 heterocycles. The molecule has 19 heavy (non-hydrogen) atoms. The third-order valence-corrected chi connectivity index (χ3v) is 3.74. The van der Waals surface area contributed by atoms with E-state index in [9.17, 15) is 5.11 Å². The first-order valence-electron chi connectivity index (χ1n) is 7.19. The van der Waals surface area contributed by atoms with Crippen molar-refractivity contribution < 1.29 is 5.11 Å². The number of likely N-dealkylation sites (N-methyl/N-ethyl adjacent to an activating group) is 1. The monoisotopic (exact) mass is 264 g/mol. The fraction of sp³-hybridized carbons (Fsp3) is 0.625. The average Bonchev–Trinajstić information content (AvgIpc) is 2.44. The summed E-state index contributed by atoms with van der Waals surface area (Å²) in [5, 5.41) is 12.8. The summed E-state index contributed by atoms with van der Waals surface area (Å²) in [6.07, 6.45) is 0. The Morgan fingerprint density at radius 2 is 1.84 bits per heavy atom. The third-order valence-electron chi connectivity index (χ3n) is 3.74. The van der Waals surface area contributed by atoms with Crippen LogP contribution in [0, 0.1) is 5.92 Å². The van der Waals surface area contributed by atoms with Crippen molar-refractivity contribution in [2.75, 3.05) is 26.7 Å². The van der Waals surface area contributed by atoms with Crippen LogP contribution in [-0.2, 0) is 0 Å². The van der Waals surface area contributed by atoms with E-state index in [0.29, 0.717) is 12.0 Å². The van der Waals surface area contributed by atoms with Gasteiger partial charge in [-0.3, -0.25) is 0 Å². The van der Waals surface area contributed by atoms with Gasteiger partial charge in [0.25, 0.3) is 0 Å². The zero-order valence-corrected chi connectivity index (χ0v) is 12.6. The van der Waals surface area contributed by atoms with Gasteiger partial charge in [-0.25, -0.2) is 0 Å². The van der Waals surface area contributed by atoms with Crippen LogP contribution in [0.2, 0.25) is 0 Å². The third kappa shape index (κ3) is 4.94. The van der Waals surface area contributed by atoms with Crippen LogP contribution in [0.15, 0.2) is 30.3 Å². The normalized spacial score (nSPS) is 16.3. The lowest BCUT2D eigenvalue weighted by Gasteiger charge is -2.31. The summed E-state index contributed by atoms with van der Waals surface area (Å²) in [6.45, 7) is 8.60. The van der Waals surface area contributed by atoms with Crippen molar-refractivity contribution in [3.05, 3.63) is 35.9 Å². The molecule has 0 radical (unpaired) electrons. The fourth-order valence-corrected chi connectivity index (χ4v) is 2.41. The second-order valence-corrected chi connectivity index (χ2v) is 5.39. The van der Waals surface area contributed by atoms with Gasteiger partial charge in [0.1, 0.15) is 0 Å². The van der Waals surface area contributed by atoms with Crippen LogP contribution >= 0.6 is 0 Å². The van der Waals surface area contributed by atoms with E-state index in [4.69, 9.17) is 0 Å². The van der Waals surface area contributed by atoms with Crippen LogP contribution in [0.1, 0.15) is 32.4 Å². The van der Waals surface area contributed by atoms with Gasteiger partial charge in [0.2, 0.25) is 0 Å². The molecule has 1 aromatic rings. The molecule has 3 heteroatoms. The van der Waals surface area contributed by atoms with E-state index in [0.717, 1.165) is 13.1 Å². The molecule has 0 amide bonds. The first-order chi connectivity index (χ1) is 9.10. The highest BCUT2D eigenvalue weighted by Gasteiger charge is 2.21. The van der Waals surface area contributed by atoms with Gasteiger partial charge in [-0.2, -0.15) is 0 Å². The van der Waals surface area contributed by atoms with Crippen molar-refractivity contribution >= 4 is 0 Å². The maximum atomic E-state index is 9.22. The number of hydrogen-bond acceptors (Lipinski definition) is 3. The van der Waals surface area contributed by atoms with Crippen LogP contribution < -0.4 is 5.32 Å². The predicted octanol–water partition coefficient (Wildman–Crippen LogP) is 2.29. The van der Waals surface area contributed by atoms with Crippen LogP contribution in [0.25, 0.3) is 0 Å². The first-order valence-corrected chi connectivity index (χ1v) is 7.19. The maximum absolute atomic E-state index is 9.22. The standard InChI is InChI=1S/C16H28N2O/c1-5-17-16(15-9-7-6-8-10-15)13(2)11-18(4)14(3)12-19/h6-10,13-14,16-17,19H,5,11-12H2,1-4H3. The van der Waals surface area contributed by atoms with E-state index in [2.05, 4.69) is 68.4 Å². The van der Waals surface area contributed by atoms with E-state index in [-0.39, 0.29) is 12.6 Å². The predicted molar refractivity (Wildman–Crippen MR) is 81.2 cm³/mol. The average molecular weight is 264 g/mol. The number of nitrogens with zero attached hydrogens (tertiary/aromatic N) is 1. The molecule has 1 aromatic carbocycles. The molecule has 0 aromatic heterocycles. The van der Waals surface area contributed by atoms with Gasteiger partial charge >= 0.3 is 0 Å². The Kier molecular flexibility index (Phi) is 7.06.